The van der Waals surface area contributed by atoms with Gasteiger partial charge < -0.3 is 15.0 Å². The van der Waals surface area contributed by atoms with Crippen molar-refractivity contribution in [3.05, 3.63) is 63.6 Å². The van der Waals surface area contributed by atoms with E-state index >= 15 is 0 Å². The predicted octanol–water partition coefficient (Wildman–Crippen LogP) is 4.74. The van der Waals surface area contributed by atoms with Gasteiger partial charge in [0.25, 0.3) is 5.91 Å². The average Bonchev–Trinajstić information content (AvgIpc) is 3.22. The van der Waals surface area contributed by atoms with Crippen LogP contribution in [0.3, 0.4) is 0 Å². The summed E-state index contributed by atoms with van der Waals surface area (Å²) in [5.41, 5.74) is 1.37. The molecule has 3 aromatic rings. The molecule has 2 aromatic carbocycles. The van der Waals surface area contributed by atoms with Crippen LogP contribution in [0.4, 0.5) is 5.13 Å². The molecule has 7 nitrogen and oxygen atoms in total. The molecule has 1 N–H and O–H groups in total. The third kappa shape index (κ3) is 6.83. The van der Waals surface area contributed by atoms with E-state index in [1.807, 2.05) is 24.3 Å². The molecule has 0 aliphatic rings. The molecule has 0 aliphatic carbocycles. The SMILES string of the molecule is COCCN(CCC(=O)Nc1nnc(-c2cccc(Br)c2)s1)C(=O)c1cccc(Cl)c1. The summed E-state index contributed by atoms with van der Waals surface area (Å²) in [7, 11) is 1.56. The van der Waals surface area contributed by atoms with Crippen molar-refractivity contribution >= 4 is 55.8 Å². The molecule has 0 bridgehead atoms. The number of rotatable bonds is 9. The summed E-state index contributed by atoms with van der Waals surface area (Å²) in [6, 6.07) is 14.4. The van der Waals surface area contributed by atoms with E-state index in [1.54, 1.807) is 36.3 Å². The number of halogens is 2. The number of carbonyl (C=O) groups excluding carboxylic acids is 2. The average molecular weight is 524 g/mol. The van der Waals surface area contributed by atoms with Gasteiger partial charge in [-0.05, 0) is 30.3 Å². The maximum Gasteiger partial charge on any atom is 0.253 e. The van der Waals surface area contributed by atoms with Crippen molar-refractivity contribution in [1.82, 2.24) is 15.1 Å². The van der Waals surface area contributed by atoms with Gasteiger partial charge in [0.2, 0.25) is 11.0 Å². The van der Waals surface area contributed by atoms with Crippen LogP contribution >= 0.6 is 38.9 Å². The van der Waals surface area contributed by atoms with Crippen LogP contribution in [0.5, 0.6) is 0 Å². The van der Waals surface area contributed by atoms with Crippen LogP contribution < -0.4 is 5.32 Å². The molecule has 3 rings (SSSR count). The van der Waals surface area contributed by atoms with Crippen molar-refractivity contribution in [2.45, 2.75) is 6.42 Å². The molecule has 0 spiro atoms. The van der Waals surface area contributed by atoms with Crippen molar-refractivity contribution < 1.29 is 14.3 Å². The summed E-state index contributed by atoms with van der Waals surface area (Å²) in [6.07, 6.45) is 0.113. The number of aromatic nitrogens is 2. The molecule has 0 saturated carbocycles. The first-order chi connectivity index (χ1) is 15.0. The lowest BCUT2D eigenvalue weighted by Crippen LogP contribution is -2.36. The molecule has 0 atom stereocenters. The van der Waals surface area contributed by atoms with Crippen molar-refractivity contribution in [1.29, 1.82) is 0 Å². The summed E-state index contributed by atoms with van der Waals surface area (Å²) < 4.78 is 6.03. The Bertz CT molecular complexity index is 1060. The molecule has 0 saturated heterocycles. The quantitative estimate of drug-likeness (QED) is 0.438. The Hall–Kier alpha value is -2.33. The van der Waals surface area contributed by atoms with E-state index in [4.69, 9.17) is 16.3 Å². The molecule has 162 valence electrons. The van der Waals surface area contributed by atoms with Crippen LogP contribution in [-0.4, -0.2) is 53.7 Å². The van der Waals surface area contributed by atoms with Gasteiger partial charge >= 0.3 is 0 Å². The number of ether oxygens (including phenoxy) is 1. The molecule has 1 aromatic heterocycles. The highest BCUT2D eigenvalue weighted by Crippen LogP contribution is 2.28. The Kier molecular flexibility index (Phi) is 8.53. The summed E-state index contributed by atoms with van der Waals surface area (Å²) in [4.78, 5) is 26.8. The number of carbonyl (C=O) groups is 2. The molecule has 0 radical (unpaired) electrons. The summed E-state index contributed by atoms with van der Waals surface area (Å²) in [5.74, 6) is -0.460. The molecule has 31 heavy (non-hydrogen) atoms. The number of hydrogen-bond donors (Lipinski definition) is 1. The van der Waals surface area contributed by atoms with Crippen LogP contribution in [0, 0.1) is 0 Å². The zero-order valence-corrected chi connectivity index (χ0v) is 19.8. The lowest BCUT2D eigenvalue weighted by atomic mass is 10.2. The molecule has 0 unspecified atom stereocenters. The van der Waals surface area contributed by atoms with E-state index in [0.717, 1.165) is 10.0 Å². The first kappa shape index (κ1) is 23.3. The highest BCUT2D eigenvalue weighted by Gasteiger charge is 2.18. The molecule has 1 heterocycles. The van der Waals surface area contributed by atoms with Gasteiger partial charge in [-0.3, -0.25) is 9.59 Å². The lowest BCUT2D eigenvalue weighted by Gasteiger charge is -2.22. The van der Waals surface area contributed by atoms with Crippen LogP contribution in [0.1, 0.15) is 16.8 Å². The number of benzene rings is 2. The largest absolute Gasteiger partial charge is 0.383 e. The Labute approximate surface area is 197 Å². The highest BCUT2D eigenvalue weighted by atomic mass is 79.9. The Balaban J connectivity index is 1.60. The predicted molar refractivity (Wildman–Crippen MR) is 126 cm³/mol. The van der Waals surface area contributed by atoms with Crippen molar-refractivity contribution in [3.8, 4) is 10.6 Å². The van der Waals surface area contributed by atoms with Gasteiger partial charge in [-0.25, -0.2) is 0 Å². The molecule has 0 fully saturated rings. The second kappa shape index (κ2) is 11.3. The zero-order chi connectivity index (χ0) is 22.2. The Morgan fingerprint density at radius 1 is 1.16 bits per heavy atom. The normalized spacial score (nSPS) is 10.7. The van der Waals surface area contributed by atoms with Gasteiger partial charge in [-0.2, -0.15) is 0 Å². The Morgan fingerprint density at radius 2 is 1.97 bits per heavy atom. The number of methoxy groups -OCH3 is 1. The fourth-order valence-corrected chi connectivity index (χ4v) is 4.10. The monoisotopic (exact) mass is 522 g/mol. The van der Waals surface area contributed by atoms with E-state index in [0.29, 0.717) is 33.9 Å². The smallest absolute Gasteiger partial charge is 0.253 e. The maximum atomic E-state index is 12.8. The lowest BCUT2D eigenvalue weighted by molar-refractivity contribution is -0.116. The number of anilines is 1. The van der Waals surface area contributed by atoms with E-state index in [1.165, 1.54) is 11.3 Å². The minimum absolute atomic E-state index is 0.113. The number of nitrogens with one attached hydrogen (secondary N) is 1. The standard InChI is InChI=1S/C21H20BrClN4O3S/c1-30-11-10-27(20(29)15-5-3-7-17(23)13-15)9-8-18(28)24-21-26-25-19(31-21)14-4-2-6-16(22)12-14/h2-7,12-13H,8-11H2,1H3,(H,24,26,28). The molecule has 10 heteroatoms. The van der Waals surface area contributed by atoms with Crippen LogP contribution in [-0.2, 0) is 9.53 Å². The molecule has 0 aliphatic heterocycles. The minimum atomic E-state index is -0.252. The second-order valence-corrected chi connectivity index (χ2v) is 8.85. The zero-order valence-electron chi connectivity index (χ0n) is 16.7. The minimum Gasteiger partial charge on any atom is -0.383 e. The van der Waals surface area contributed by atoms with Gasteiger partial charge in [0, 0.05) is 47.2 Å². The first-order valence-corrected chi connectivity index (χ1v) is 11.4. The summed E-state index contributed by atoms with van der Waals surface area (Å²) >= 11 is 10.7. The van der Waals surface area contributed by atoms with Crippen molar-refractivity contribution in [2.75, 3.05) is 32.1 Å². The van der Waals surface area contributed by atoms with E-state index in [2.05, 4.69) is 31.4 Å². The van der Waals surface area contributed by atoms with Crippen LogP contribution in [0.2, 0.25) is 5.02 Å². The van der Waals surface area contributed by atoms with Crippen LogP contribution in [0.25, 0.3) is 10.6 Å². The highest BCUT2D eigenvalue weighted by molar-refractivity contribution is 9.10. The maximum absolute atomic E-state index is 12.8. The van der Waals surface area contributed by atoms with E-state index in [-0.39, 0.29) is 24.8 Å². The first-order valence-electron chi connectivity index (χ1n) is 9.39. The topological polar surface area (TPSA) is 84.4 Å². The third-order valence-electron chi connectivity index (χ3n) is 4.28. The van der Waals surface area contributed by atoms with E-state index in [9.17, 15) is 9.59 Å². The summed E-state index contributed by atoms with van der Waals surface area (Å²) in [6.45, 7) is 0.957. The van der Waals surface area contributed by atoms with Gasteiger partial charge in [-0.1, -0.05) is 57.1 Å². The number of amides is 2. The van der Waals surface area contributed by atoms with Gasteiger partial charge in [-0.15, -0.1) is 10.2 Å². The molecular weight excluding hydrogens is 504 g/mol. The second-order valence-electron chi connectivity index (χ2n) is 6.52. The van der Waals surface area contributed by atoms with Crippen LogP contribution in [0.15, 0.2) is 53.0 Å². The molecule has 2 amide bonds. The third-order valence-corrected chi connectivity index (χ3v) is 5.89. The number of nitrogens with zero attached hydrogens (tertiary/aromatic N) is 3. The van der Waals surface area contributed by atoms with E-state index < -0.39 is 0 Å². The molecular formula is C21H20BrClN4O3S. The summed E-state index contributed by atoms with van der Waals surface area (Å²) in [5, 5.41) is 12.5. The Morgan fingerprint density at radius 3 is 2.71 bits per heavy atom. The number of hydrogen-bond acceptors (Lipinski definition) is 6. The van der Waals surface area contributed by atoms with Gasteiger partial charge in [0.15, 0.2) is 0 Å². The van der Waals surface area contributed by atoms with Crippen molar-refractivity contribution in [3.63, 3.8) is 0 Å². The van der Waals surface area contributed by atoms with Gasteiger partial charge in [0.1, 0.15) is 5.01 Å². The fourth-order valence-electron chi connectivity index (χ4n) is 2.75. The van der Waals surface area contributed by atoms with Gasteiger partial charge in [0.05, 0.1) is 6.61 Å². The fraction of sp³-hybridized carbons (Fsp3) is 0.238. The van der Waals surface area contributed by atoms with Crippen molar-refractivity contribution in [2.24, 2.45) is 0 Å².